The van der Waals surface area contributed by atoms with Gasteiger partial charge in [-0.25, -0.2) is 9.07 Å². The van der Waals surface area contributed by atoms with Gasteiger partial charge in [0.05, 0.1) is 12.7 Å². The van der Waals surface area contributed by atoms with Crippen molar-refractivity contribution in [3.05, 3.63) is 83.6 Å². The molecule has 3 N–H and O–H groups in total. The maximum absolute atomic E-state index is 13.8. The zero-order chi connectivity index (χ0) is 20.2. The molecule has 2 aromatic carbocycles. The van der Waals surface area contributed by atoms with Crippen LogP contribution in [-0.2, 0) is 13.0 Å². The number of aromatic amines is 1. The Hall–Kier alpha value is -3.52. The molecule has 1 atom stereocenters. The van der Waals surface area contributed by atoms with E-state index in [0.29, 0.717) is 13.0 Å². The van der Waals surface area contributed by atoms with Gasteiger partial charge in [0.1, 0.15) is 11.9 Å². The fraction of sp³-hybridized carbons (Fsp3) is 0.190. The zero-order valence-corrected chi connectivity index (χ0v) is 15.5. The molecular weight excluding hydrogens is 373 g/mol. The zero-order valence-electron chi connectivity index (χ0n) is 15.5. The van der Waals surface area contributed by atoms with Crippen LogP contribution in [0.25, 0.3) is 10.9 Å². The minimum Gasteiger partial charge on any atom is -0.386 e. The van der Waals surface area contributed by atoms with Crippen molar-refractivity contribution in [1.29, 1.82) is 0 Å². The minimum absolute atomic E-state index is 0.00342. The summed E-state index contributed by atoms with van der Waals surface area (Å²) in [6.07, 6.45) is 2.97. The van der Waals surface area contributed by atoms with Gasteiger partial charge in [0, 0.05) is 29.2 Å². The first-order valence-electron chi connectivity index (χ1n) is 9.27. The number of hydrogen-bond donors (Lipinski definition) is 3. The second kappa shape index (κ2) is 8.24. The summed E-state index contributed by atoms with van der Waals surface area (Å²) in [6, 6.07) is 14.0. The third kappa shape index (κ3) is 4.17. The summed E-state index contributed by atoms with van der Waals surface area (Å²) < 4.78 is 15.1. The van der Waals surface area contributed by atoms with Gasteiger partial charge in [-0.3, -0.25) is 4.79 Å². The minimum atomic E-state index is -1.09. The van der Waals surface area contributed by atoms with Crippen molar-refractivity contribution in [3.63, 3.8) is 0 Å². The van der Waals surface area contributed by atoms with E-state index in [0.717, 1.165) is 16.5 Å². The van der Waals surface area contributed by atoms with Crippen LogP contribution in [0, 0.1) is 5.82 Å². The van der Waals surface area contributed by atoms with E-state index in [2.05, 4.69) is 20.6 Å². The fourth-order valence-corrected chi connectivity index (χ4v) is 3.25. The van der Waals surface area contributed by atoms with Crippen LogP contribution in [0.3, 0.4) is 0 Å². The summed E-state index contributed by atoms with van der Waals surface area (Å²) >= 11 is 0. The molecule has 2 aromatic heterocycles. The standard InChI is InChI=1S/C21H20FN5O2/c22-17-7-3-1-6-16(17)20(28)13-27-12-19(25-26-27)21(29)23-10-9-14-11-24-18-8-4-2-5-15(14)18/h1-8,11-12,20,24,28H,9-10,13H2,(H,23,29)/t20-/m0/s1. The van der Waals surface area contributed by atoms with Crippen molar-refractivity contribution in [2.24, 2.45) is 0 Å². The van der Waals surface area contributed by atoms with Gasteiger partial charge >= 0.3 is 0 Å². The van der Waals surface area contributed by atoms with Gasteiger partial charge in [0.15, 0.2) is 5.69 Å². The quantitative estimate of drug-likeness (QED) is 0.450. The van der Waals surface area contributed by atoms with Crippen LogP contribution < -0.4 is 5.32 Å². The van der Waals surface area contributed by atoms with Crippen LogP contribution in [0.2, 0.25) is 0 Å². The van der Waals surface area contributed by atoms with Crippen molar-refractivity contribution >= 4 is 16.8 Å². The predicted molar refractivity (Wildman–Crippen MR) is 106 cm³/mol. The Balaban J connectivity index is 1.33. The van der Waals surface area contributed by atoms with Gasteiger partial charge in [-0.1, -0.05) is 41.6 Å². The van der Waals surface area contributed by atoms with Gasteiger partial charge in [-0.2, -0.15) is 0 Å². The number of nitrogens with zero attached hydrogens (tertiary/aromatic N) is 3. The number of fused-ring (bicyclic) bond motifs is 1. The van der Waals surface area contributed by atoms with Crippen molar-refractivity contribution in [1.82, 2.24) is 25.3 Å². The first kappa shape index (κ1) is 18.8. The number of amides is 1. The molecule has 0 saturated carbocycles. The molecule has 4 aromatic rings. The topological polar surface area (TPSA) is 95.8 Å². The molecule has 4 rings (SSSR count). The predicted octanol–water partition coefficient (Wildman–Crippen LogP) is 2.60. The van der Waals surface area contributed by atoms with Crippen molar-refractivity contribution in [3.8, 4) is 0 Å². The smallest absolute Gasteiger partial charge is 0.273 e. The lowest BCUT2D eigenvalue weighted by Crippen LogP contribution is -2.26. The van der Waals surface area contributed by atoms with Crippen molar-refractivity contribution in [2.75, 3.05) is 6.54 Å². The number of benzene rings is 2. The first-order chi connectivity index (χ1) is 14.1. The molecule has 0 fully saturated rings. The molecular formula is C21H20FN5O2. The van der Waals surface area contributed by atoms with E-state index in [-0.39, 0.29) is 23.7 Å². The fourth-order valence-electron chi connectivity index (χ4n) is 3.25. The third-order valence-electron chi connectivity index (χ3n) is 4.75. The maximum Gasteiger partial charge on any atom is 0.273 e. The Morgan fingerprint density at radius 3 is 2.86 bits per heavy atom. The number of aromatic nitrogens is 4. The lowest BCUT2D eigenvalue weighted by atomic mass is 10.1. The largest absolute Gasteiger partial charge is 0.386 e. The highest BCUT2D eigenvalue weighted by molar-refractivity contribution is 5.91. The Kier molecular flexibility index (Phi) is 5.35. The number of rotatable bonds is 7. The Morgan fingerprint density at radius 1 is 1.21 bits per heavy atom. The number of carbonyl (C=O) groups is 1. The second-order valence-corrected chi connectivity index (χ2v) is 6.73. The average molecular weight is 393 g/mol. The summed E-state index contributed by atoms with van der Waals surface area (Å²) in [7, 11) is 0. The number of nitrogens with one attached hydrogen (secondary N) is 2. The van der Waals surface area contributed by atoms with E-state index in [4.69, 9.17) is 0 Å². The molecule has 148 valence electrons. The number of para-hydroxylation sites is 1. The van der Waals surface area contributed by atoms with Gasteiger partial charge in [0.2, 0.25) is 0 Å². The molecule has 7 nitrogen and oxygen atoms in total. The summed E-state index contributed by atoms with van der Waals surface area (Å²) in [4.78, 5) is 15.5. The average Bonchev–Trinajstić information content (AvgIpc) is 3.36. The molecule has 8 heteroatoms. The third-order valence-corrected chi connectivity index (χ3v) is 4.75. The Morgan fingerprint density at radius 2 is 2.00 bits per heavy atom. The van der Waals surface area contributed by atoms with E-state index in [9.17, 15) is 14.3 Å². The number of hydrogen-bond acceptors (Lipinski definition) is 4. The lowest BCUT2D eigenvalue weighted by Gasteiger charge is -2.11. The molecule has 0 spiro atoms. The van der Waals surface area contributed by atoms with Gasteiger partial charge in [0.25, 0.3) is 5.91 Å². The SMILES string of the molecule is O=C(NCCc1c[nH]c2ccccc12)c1cn(C[C@H](O)c2ccccc2F)nn1. The Labute approximate surface area is 166 Å². The molecule has 0 aliphatic carbocycles. The number of carbonyl (C=O) groups excluding carboxylic acids is 1. The van der Waals surface area contributed by atoms with Gasteiger partial charge < -0.3 is 15.4 Å². The van der Waals surface area contributed by atoms with E-state index >= 15 is 0 Å². The van der Waals surface area contributed by atoms with Crippen LogP contribution in [0.15, 0.2) is 60.9 Å². The molecule has 29 heavy (non-hydrogen) atoms. The number of halogens is 1. The lowest BCUT2D eigenvalue weighted by molar-refractivity contribution is 0.0949. The normalized spacial score (nSPS) is 12.2. The highest BCUT2D eigenvalue weighted by Crippen LogP contribution is 2.19. The summed E-state index contributed by atoms with van der Waals surface area (Å²) in [5.41, 5.74) is 2.50. The molecule has 0 bridgehead atoms. The van der Waals surface area contributed by atoms with Crippen molar-refractivity contribution in [2.45, 2.75) is 19.1 Å². The van der Waals surface area contributed by atoms with Gasteiger partial charge in [-0.05, 0) is 24.1 Å². The highest BCUT2D eigenvalue weighted by Gasteiger charge is 2.16. The van der Waals surface area contributed by atoms with Crippen LogP contribution in [-0.4, -0.2) is 37.5 Å². The van der Waals surface area contributed by atoms with E-state index < -0.39 is 11.9 Å². The molecule has 0 unspecified atom stereocenters. The molecule has 0 radical (unpaired) electrons. The summed E-state index contributed by atoms with van der Waals surface area (Å²) in [6.45, 7) is 0.446. The molecule has 2 heterocycles. The number of aliphatic hydroxyl groups excluding tert-OH is 1. The monoisotopic (exact) mass is 393 g/mol. The number of H-pyrrole nitrogens is 1. The van der Waals surface area contributed by atoms with Crippen LogP contribution in [0.5, 0.6) is 0 Å². The second-order valence-electron chi connectivity index (χ2n) is 6.73. The number of aliphatic hydroxyl groups is 1. The van der Waals surface area contributed by atoms with Crippen LogP contribution >= 0.6 is 0 Å². The molecule has 0 saturated heterocycles. The van der Waals surface area contributed by atoms with Crippen LogP contribution in [0.4, 0.5) is 4.39 Å². The Bertz CT molecular complexity index is 1140. The van der Waals surface area contributed by atoms with E-state index in [1.807, 2.05) is 30.5 Å². The van der Waals surface area contributed by atoms with E-state index in [1.54, 1.807) is 12.1 Å². The first-order valence-corrected chi connectivity index (χ1v) is 9.27. The molecule has 0 aliphatic rings. The van der Waals surface area contributed by atoms with Crippen molar-refractivity contribution < 1.29 is 14.3 Å². The highest BCUT2D eigenvalue weighted by atomic mass is 19.1. The van der Waals surface area contributed by atoms with Crippen LogP contribution in [0.1, 0.15) is 27.7 Å². The summed E-state index contributed by atoms with van der Waals surface area (Å²) in [5, 5.41) is 21.8. The summed E-state index contributed by atoms with van der Waals surface area (Å²) in [5.74, 6) is -0.841. The van der Waals surface area contributed by atoms with Gasteiger partial charge in [-0.15, -0.1) is 5.10 Å². The van der Waals surface area contributed by atoms with E-state index in [1.165, 1.54) is 23.0 Å². The molecule has 1 amide bonds. The molecule has 0 aliphatic heterocycles. The maximum atomic E-state index is 13.8.